The molecule has 24 heavy (non-hydrogen) atoms. The summed E-state index contributed by atoms with van der Waals surface area (Å²) in [6.45, 7) is 3.76. The zero-order chi connectivity index (χ0) is 16.8. The van der Waals surface area contributed by atoms with Gasteiger partial charge in [-0.2, -0.15) is 5.26 Å². The van der Waals surface area contributed by atoms with Crippen LogP contribution in [0.1, 0.15) is 17.3 Å². The summed E-state index contributed by atoms with van der Waals surface area (Å²) in [6, 6.07) is 12.3. The number of ether oxygens (including phenoxy) is 1. The van der Waals surface area contributed by atoms with Gasteiger partial charge in [0, 0.05) is 19.6 Å². The molecule has 0 bridgehead atoms. The molecule has 0 radical (unpaired) electrons. The molecule has 6 heteroatoms. The Morgan fingerprint density at radius 1 is 1.21 bits per heavy atom. The number of rotatable bonds is 5. The lowest BCUT2D eigenvalue weighted by atomic mass is 10.0. The molecule has 1 aliphatic heterocycles. The van der Waals surface area contributed by atoms with E-state index in [0.29, 0.717) is 25.5 Å². The fourth-order valence-electron chi connectivity index (χ4n) is 2.81. The van der Waals surface area contributed by atoms with Crippen LogP contribution < -0.4 is 5.32 Å². The summed E-state index contributed by atoms with van der Waals surface area (Å²) in [5.41, 5.74) is 2.31. The van der Waals surface area contributed by atoms with Gasteiger partial charge in [-0.1, -0.05) is 12.1 Å². The van der Waals surface area contributed by atoms with E-state index >= 15 is 0 Å². The van der Waals surface area contributed by atoms with Crippen molar-refractivity contribution in [3.63, 3.8) is 0 Å². The first-order valence-electron chi connectivity index (χ1n) is 7.93. The molecule has 1 saturated heterocycles. The van der Waals surface area contributed by atoms with E-state index in [9.17, 15) is 4.39 Å². The number of nitriles is 1. The molecule has 3 rings (SSSR count). The monoisotopic (exact) mass is 326 g/mol. The van der Waals surface area contributed by atoms with Gasteiger partial charge >= 0.3 is 0 Å². The maximum Gasteiger partial charge on any atom is 0.140 e. The second-order valence-electron chi connectivity index (χ2n) is 5.64. The average molecular weight is 326 g/mol. The predicted octanol–water partition coefficient (Wildman–Crippen LogP) is 2.58. The summed E-state index contributed by atoms with van der Waals surface area (Å²) in [4.78, 5) is 6.40. The third-order valence-electron chi connectivity index (χ3n) is 4.12. The van der Waals surface area contributed by atoms with E-state index in [-0.39, 0.29) is 11.9 Å². The Balaban J connectivity index is 1.73. The Kier molecular flexibility index (Phi) is 5.36. The van der Waals surface area contributed by atoms with Gasteiger partial charge < -0.3 is 10.1 Å². The molecule has 1 aliphatic rings. The second-order valence-corrected chi connectivity index (χ2v) is 5.64. The molecule has 0 saturated carbocycles. The predicted molar refractivity (Wildman–Crippen MR) is 89.0 cm³/mol. The highest BCUT2D eigenvalue weighted by atomic mass is 19.1. The quantitative estimate of drug-likeness (QED) is 0.915. The van der Waals surface area contributed by atoms with E-state index in [1.807, 2.05) is 24.3 Å². The summed E-state index contributed by atoms with van der Waals surface area (Å²) in [5.74, 6) is -0.233. The topological polar surface area (TPSA) is 61.2 Å². The summed E-state index contributed by atoms with van der Waals surface area (Å²) in [7, 11) is 0. The van der Waals surface area contributed by atoms with Gasteiger partial charge in [-0.05, 0) is 29.8 Å². The Bertz CT molecular complexity index is 690. The molecule has 1 aromatic heterocycles. The molecule has 5 nitrogen and oxygen atoms in total. The lowest BCUT2D eigenvalue weighted by Crippen LogP contribution is -2.41. The summed E-state index contributed by atoms with van der Waals surface area (Å²) < 4.78 is 18.7. The van der Waals surface area contributed by atoms with E-state index in [2.05, 4.69) is 15.2 Å². The van der Waals surface area contributed by atoms with Crippen LogP contribution in [0.15, 0.2) is 42.6 Å². The molecular weight excluding hydrogens is 307 g/mol. The number of hydrogen-bond acceptors (Lipinski definition) is 5. The van der Waals surface area contributed by atoms with Gasteiger partial charge in [-0.15, -0.1) is 0 Å². The Labute approximate surface area is 140 Å². The minimum absolute atomic E-state index is 0.116. The Hall–Kier alpha value is -2.49. The van der Waals surface area contributed by atoms with Crippen LogP contribution in [0.4, 0.5) is 10.1 Å². The summed E-state index contributed by atoms with van der Waals surface area (Å²) >= 11 is 0. The molecule has 124 valence electrons. The van der Waals surface area contributed by atoms with Crippen molar-refractivity contribution in [3.8, 4) is 6.07 Å². The van der Waals surface area contributed by atoms with Gasteiger partial charge in [0.05, 0.1) is 31.1 Å². The first kappa shape index (κ1) is 16.4. The van der Waals surface area contributed by atoms with Crippen molar-refractivity contribution in [1.82, 2.24) is 9.88 Å². The van der Waals surface area contributed by atoms with Crippen molar-refractivity contribution in [3.05, 3.63) is 59.7 Å². The normalized spacial score (nSPS) is 16.3. The highest BCUT2D eigenvalue weighted by Gasteiger charge is 2.22. The average Bonchev–Trinajstić information content (AvgIpc) is 2.65. The van der Waals surface area contributed by atoms with Gasteiger partial charge in [0.2, 0.25) is 0 Å². The number of hydrogen-bond donors (Lipinski definition) is 1. The van der Waals surface area contributed by atoms with Crippen molar-refractivity contribution in [2.24, 2.45) is 0 Å². The van der Waals surface area contributed by atoms with Crippen molar-refractivity contribution < 1.29 is 9.13 Å². The minimum atomic E-state index is -0.233. The van der Waals surface area contributed by atoms with Crippen LogP contribution in [0.3, 0.4) is 0 Å². The number of nitrogens with zero attached hydrogens (tertiary/aromatic N) is 3. The molecular formula is C18H19FN4O. The number of benzene rings is 1. The number of halogens is 1. The number of anilines is 1. The van der Waals surface area contributed by atoms with Crippen LogP contribution >= 0.6 is 0 Å². The van der Waals surface area contributed by atoms with Crippen LogP contribution in [0, 0.1) is 17.1 Å². The van der Waals surface area contributed by atoms with Gasteiger partial charge in [0.15, 0.2) is 0 Å². The zero-order valence-corrected chi connectivity index (χ0v) is 13.3. The van der Waals surface area contributed by atoms with E-state index in [1.54, 1.807) is 12.3 Å². The third kappa shape index (κ3) is 4.07. The smallest absolute Gasteiger partial charge is 0.140 e. The molecule has 2 aromatic rings. The lowest BCUT2D eigenvalue weighted by molar-refractivity contribution is 0.0187. The van der Waals surface area contributed by atoms with Crippen molar-refractivity contribution in [2.45, 2.75) is 6.04 Å². The highest BCUT2D eigenvalue weighted by Crippen LogP contribution is 2.23. The molecule has 0 aliphatic carbocycles. The molecule has 1 N–H and O–H groups in total. The fourth-order valence-corrected chi connectivity index (χ4v) is 2.81. The van der Waals surface area contributed by atoms with Gasteiger partial charge in [0.1, 0.15) is 17.6 Å². The van der Waals surface area contributed by atoms with E-state index in [4.69, 9.17) is 10.00 Å². The van der Waals surface area contributed by atoms with E-state index in [0.717, 1.165) is 24.3 Å². The van der Waals surface area contributed by atoms with Crippen LogP contribution in [-0.2, 0) is 4.74 Å². The first-order chi connectivity index (χ1) is 11.8. The van der Waals surface area contributed by atoms with Crippen LogP contribution in [0.5, 0.6) is 0 Å². The summed E-state index contributed by atoms with van der Waals surface area (Å²) in [5, 5.41) is 12.2. The number of nitrogens with one attached hydrogen (secondary N) is 1. The molecule has 0 unspecified atom stereocenters. The Morgan fingerprint density at radius 2 is 1.96 bits per heavy atom. The van der Waals surface area contributed by atoms with Crippen molar-refractivity contribution in [1.29, 1.82) is 5.26 Å². The highest BCUT2D eigenvalue weighted by molar-refractivity contribution is 5.43. The molecule has 1 fully saturated rings. The maximum atomic E-state index is 13.2. The molecule has 1 aromatic carbocycles. The number of aromatic nitrogens is 1. The lowest BCUT2D eigenvalue weighted by Gasteiger charge is -2.35. The van der Waals surface area contributed by atoms with E-state index in [1.165, 1.54) is 12.1 Å². The van der Waals surface area contributed by atoms with Crippen molar-refractivity contribution in [2.75, 3.05) is 38.2 Å². The van der Waals surface area contributed by atoms with Gasteiger partial charge in [-0.3, -0.25) is 4.90 Å². The number of morpholine rings is 1. The molecule has 2 heterocycles. The van der Waals surface area contributed by atoms with Gasteiger partial charge in [0.25, 0.3) is 0 Å². The van der Waals surface area contributed by atoms with Crippen LogP contribution in [0.2, 0.25) is 0 Å². The standard InChI is InChI=1S/C18H19FN4O/c19-15-3-1-14(2-4-15)18(23-7-9-24-10-8-23)13-22-17-6-5-16(11-20)21-12-17/h1-6,12,18,22H,7-10,13H2/t18-/m1/s1. The van der Waals surface area contributed by atoms with Gasteiger partial charge in [-0.25, -0.2) is 9.37 Å². The molecule has 0 spiro atoms. The largest absolute Gasteiger partial charge is 0.382 e. The minimum Gasteiger partial charge on any atom is -0.382 e. The van der Waals surface area contributed by atoms with Crippen molar-refractivity contribution >= 4 is 5.69 Å². The van der Waals surface area contributed by atoms with Crippen LogP contribution in [0.25, 0.3) is 0 Å². The maximum absolute atomic E-state index is 13.2. The summed E-state index contributed by atoms with van der Waals surface area (Å²) in [6.07, 6.45) is 1.65. The SMILES string of the molecule is N#Cc1ccc(NC[C@H](c2ccc(F)cc2)N2CCOCC2)cn1. The third-order valence-corrected chi connectivity index (χ3v) is 4.12. The molecule has 1 atom stereocenters. The first-order valence-corrected chi connectivity index (χ1v) is 7.93. The Morgan fingerprint density at radius 3 is 2.58 bits per heavy atom. The molecule has 0 amide bonds. The number of pyridine rings is 1. The van der Waals surface area contributed by atoms with E-state index < -0.39 is 0 Å². The fraction of sp³-hybridized carbons (Fsp3) is 0.333. The second kappa shape index (κ2) is 7.86. The van der Waals surface area contributed by atoms with Crippen LogP contribution in [-0.4, -0.2) is 42.7 Å². The zero-order valence-electron chi connectivity index (χ0n) is 13.3.